The van der Waals surface area contributed by atoms with Gasteiger partial charge in [-0.1, -0.05) is 12.1 Å². The van der Waals surface area contributed by atoms with E-state index in [1.165, 1.54) is 11.1 Å². The van der Waals surface area contributed by atoms with Gasteiger partial charge in [0.2, 0.25) is 0 Å². The van der Waals surface area contributed by atoms with Crippen LogP contribution in [0.2, 0.25) is 0 Å². The molecule has 6 nitrogen and oxygen atoms in total. The summed E-state index contributed by atoms with van der Waals surface area (Å²) in [6.07, 6.45) is 0. The highest BCUT2D eigenvalue weighted by Crippen LogP contribution is 2.18. The van der Waals surface area contributed by atoms with E-state index < -0.39 is 0 Å². The van der Waals surface area contributed by atoms with Crippen molar-refractivity contribution in [3.63, 3.8) is 0 Å². The van der Waals surface area contributed by atoms with Crippen molar-refractivity contribution in [2.75, 3.05) is 0 Å². The lowest BCUT2D eigenvalue weighted by molar-refractivity contribution is 0.505. The summed E-state index contributed by atoms with van der Waals surface area (Å²) >= 11 is 0. The van der Waals surface area contributed by atoms with E-state index in [0.717, 1.165) is 22.1 Å². The highest BCUT2D eigenvalue weighted by Gasteiger charge is 2.11. The fraction of sp³-hybridized carbons (Fsp3) is 0.143. The summed E-state index contributed by atoms with van der Waals surface area (Å²) < 4.78 is 0. The van der Waals surface area contributed by atoms with Gasteiger partial charge in [-0.25, -0.2) is 0 Å². The number of aromatic nitrogens is 6. The van der Waals surface area contributed by atoms with E-state index >= 15 is 0 Å². The Morgan fingerprint density at radius 2 is 1.40 bits per heavy atom. The second kappa shape index (κ2) is 3.86. The van der Waals surface area contributed by atoms with Gasteiger partial charge in [-0.05, 0) is 59.7 Å². The zero-order valence-electron chi connectivity index (χ0n) is 11.1. The summed E-state index contributed by atoms with van der Waals surface area (Å²) in [6.45, 7) is 4.14. The van der Waals surface area contributed by atoms with E-state index in [9.17, 15) is 0 Å². The molecular weight excluding hydrogens is 252 g/mol. The molecule has 0 aliphatic carbocycles. The van der Waals surface area contributed by atoms with Crippen LogP contribution in [0, 0.1) is 13.8 Å². The molecule has 0 spiro atoms. The SMILES string of the molecule is Cc1cc2nnn(-n3nnc4ccccc43)c2cc1C. The fourth-order valence-electron chi connectivity index (χ4n) is 2.30. The van der Waals surface area contributed by atoms with Gasteiger partial charge in [0.05, 0.1) is 0 Å². The van der Waals surface area contributed by atoms with Crippen LogP contribution in [0.4, 0.5) is 0 Å². The van der Waals surface area contributed by atoms with Crippen molar-refractivity contribution >= 4 is 22.1 Å². The number of fused-ring (bicyclic) bond motifs is 2. The molecule has 0 amide bonds. The molecule has 6 heteroatoms. The molecule has 98 valence electrons. The summed E-state index contributed by atoms with van der Waals surface area (Å²) in [4.78, 5) is 3.34. The van der Waals surface area contributed by atoms with E-state index in [-0.39, 0.29) is 0 Å². The number of nitrogens with zero attached hydrogens (tertiary/aromatic N) is 6. The first-order chi connectivity index (χ1) is 9.74. The lowest BCUT2D eigenvalue weighted by Crippen LogP contribution is -2.12. The molecule has 2 aromatic heterocycles. The maximum atomic E-state index is 4.21. The molecule has 0 aliphatic heterocycles. The van der Waals surface area contributed by atoms with Gasteiger partial charge in [-0.2, -0.15) is 0 Å². The Hall–Kier alpha value is -2.76. The topological polar surface area (TPSA) is 61.4 Å². The molecule has 20 heavy (non-hydrogen) atoms. The van der Waals surface area contributed by atoms with E-state index in [0.29, 0.717) is 0 Å². The second-order valence-corrected chi connectivity index (χ2v) is 4.87. The van der Waals surface area contributed by atoms with Gasteiger partial charge in [-0.3, -0.25) is 0 Å². The summed E-state index contributed by atoms with van der Waals surface area (Å²) in [7, 11) is 0. The Balaban J connectivity index is 2.05. The Morgan fingerprint density at radius 3 is 2.25 bits per heavy atom. The molecule has 0 N–H and O–H groups in total. The predicted octanol–water partition coefficient (Wildman–Crippen LogP) is 2.10. The van der Waals surface area contributed by atoms with Crippen molar-refractivity contribution in [1.82, 2.24) is 30.2 Å². The molecule has 4 rings (SSSR count). The van der Waals surface area contributed by atoms with Crippen molar-refractivity contribution in [3.05, 3.63) is 47.5 Å². The smallest absolute Gasteiger partial charge is 0.115 e. The molecule has 0 atom stereocenters. The zero-order valence-corrected chi connectivity index (χ0v) is 11.1. The van der Waals surface area contributed by atoms with Crippen molar-refractivity contribution in [3.8, 4) is 0 Å². The molecule has 0 bridgehead atoms. The van der Waals surface area contributed by atoms with Crippen molar-refractivity contribution in [2.24, 2.45) is 0 Å². The third-order valence-corrected chi connectivity index (χ3v) is 3.56. The Bertz CT molecular complexity index is 933. The summed E-state index contributed by atoms with van der Waals surface area (Å²) in [5, 5.41) is 16.7. The van der Waals surface area contributed by atoms with Crippen LogP contribution in [0.3, 0.4) is 0 Å². The Morgan fingerprint density at radius 1 is 0.750 bits per heavy atom. The van der Waals surface area contributed by atoms with Gasteiger partial charge < -0.3 is 0 Å². The van der Waals surface area contributed by atoms with Crippen LogP contribution in [0.15, 0.2) is 36.4 Å². The molecule has 0 saturated carbocycles. The van der Waals surface area contributed by atoms with Gasteiger partial charge in [-0.15, -0.1) is 19.8 Å². The quantitative estimate of drug-likeness (QED) is 0.528. The number of para-hydroxylation sites is 1. The van der Waals surface area contributed by atoms with Crippen LogP contribution in [0.1, 0.15) is 11.1 Å². The average Bonchev–Trinajstić information content (AvgIpc) is 3.03. The van der Waals surface area contributed by atoms with Crippen LogP contribution in [0.5, 0.6) is 0 Å². The number of hydrogen-bond donors (Lipinski definition) is 0. The van der Waals surface area contributed by atoms with Gasteiger partial charge in [0.15, 0.2) is 0 Å². The van der Waals surface area contributed by atoms with Crippen molar-refractivity contribution in [2.45, 2.75) is 13.8 Å². The highest BCUT2D eigenvalue weighted by molar-refractivity contribution is 5.78. The number of aryl methyl sites for hydroxylation is 2. The van der Waals surface area contributed by atoms with Crippen LogP contribution in [0.25, 0.3) is 22.1 Å². The first-order valence-electron chi connectivity index (χ1n) is 6.38. The Labute approximate surface area is 114 Å². The lowest BCUT2D eigenvalue weighted by atomic mass is 10.1. The third-order valence-electron chi connectivity index (χ3n) is 3.56. The van der Waals surface area contributed by atoms with Crippen LogP contribution >= 0.6 is 0 Å². The minimum absolute atomic E-state index is 0.833. The first kappa shape index (κ1) is 11.1. The number of rotatable bonds is 1. The standard InChI is InChI=1S/C14H12N6/c1-9-7-12-14(8-10(9)2)20(18-16-12)19-13-6-4-3-5-11(13)15-17-19/h3-8H,1-2H3. The molecule has 0 radical (unpaired) electrons. The van der Waals surface area contributed by atoms with Gasteiger partial charge in [0.1, 0.15) is 22.1 Å². The van der Waals surface area contributed by atoms with Crippen LogP contribution < -0.4 is 0 Å². The van der Waals surface area contributed by atoms with E-state index in [4.69, 9.17) is 0 Å². The predicted molar refractivity (Wildman–Crippen MR) is 75.3 cm³/mol. The lowest BCUT2D eigenvalue weighted by Gasteiger charge is -2.03. The molecule has 4 aromatic rings. The van der Waals surface area contributed by atoms with Gasteiger partial charge >= 0.3 is 0 Å². The molecule has 0 fully saturated rings. The summed E-state index contributed by atoms with van der Waals surface area (Å²) in [5.41, 5.74) is 5.91. The molecule has 0 aliphatic rings. The minimum atomic E-state index is 0.833. The van der Waals surface area contributed by atoms with E-state index in [1.54, 1.807) is 9.58 Å². The summed E-state index contributed by atoms with van der Waals surface area (Å²) in [5.74, 6) is 0. The minimum Gasteiger partial charge on any atom is -0.128 e. The van der Waals surface area contributed by atoms with Crippen molar-refractivity contribution < 1.29 is 0 Å². The maximum absolute atomic E-state index is 4.21. The van der Waals surface area contributed by atoms with E-state index in [2.05, 4.69) is 40.5 Å². The van der Waals surface area contributed by atoms with E-state index in [1.807, 2.05) is 30.3 Å². The van der Waals surface area contributed by atoms with Gasteiger partial charge in [0, 0.05) is 0 Å². The van der Waals surface area contributed by atoms with Crippen LogP contribution in [-0.4, -0.2) is 30.2 Å². The zero-order chi connectivity index (χ0) is 13.7. The molecule has 0 saturated heterocycles. The van der Waals surface area contributed by atoms with Crippen molar-refractivity contribution in [1.29, 1.82) is 0 Å². The monoisotopic (exact) mass is 264 g/mol. The fourth-order valence-corrected chi connectivity index (χ4v) is 2.30. The highest BCUT2D eigenvalue weighted by atomic mass is 15.8. The third kappa shape index (κ3) is 1.45. The Kier molecular flexibility index (Phi) is 2.14. The number of hydrogen-bond acceptors (Lipinski definition) is 4. The molecule has 0 unspecified atom stereocenters. The van der Waals surface area contributed by atoms with Crippen LogP contribution in [-0.2, 0) is 0 Å². The second-order valence-electron chi connectivity index (χ2n) is 4.87. The number of benzene rings is 2. The molecule has 2 aromatic carbocycles. The largest absolute Gasteiger partial charge is 0.128 e. The average molecular weight is 264 g/mol. The molecule has 2 heterocycles. The normalized spacial score (nSPS) is 11.5. The first-order valence-corrected chi connectivity index (χ1v) is 6.38. The maximum Gasteiger partial charge on any atom is 0.115 e. The summed E-state index contributed by atoms with van der Waals surface area (Å²) in [6, 6.07) is 11.9. The van der Waals surface area contributed by atoms with Gasteiger partial charge in [0.25, 0.3) is 0 Å². The molecular formula is C14H12N6.